The molecule has 0 aliphatic rings. The lowest BCUT2D eigenvalue weighted by Gasteiger charge is -2.10. The molecular formula is C8H5ClF3NO3. The van der Waals surface area contributed by atoms with Crippen molar-refractivity contribution in [1.29, 1.82) is 0 Å². The second-order valence-electron chi connectivity index (χ2n) is 2.76. The topological polar surface area (TPSA) is 52.4 Å². The summed E-state index contributed by atoms with van der Waals surface area (Å²) in [6, 6.07) is 1.44. The van der Waals surface area contributed by atoms with Crippen molar-refractivity contribution in [1.82, 2.24) is 0 Å². The minimum absolute atomic E-state index is 0.275. The monoisotopic (exact) mass is 255 g/mol. The van der Waals surface area contributed by atoms with Gasteiger partial charge in [-0.05, 0) is 6.07 Å². The van der Waals surface area contributed by atoms with E-state index in [9.17, 15) is 23.3 Å². The van der Waals surface area contributed by atoms with Gasteiger partial charge in [0, 0.05) is 0 Å². The molecule has 0 N–H and O–H groups in total. The van der Waals surface area contributed by atoms with Crippen LogP contribution >= 0.6 is 11.6 Å². The minimum Gasteiger partial charge on any atom is -0.496 e. The highest BCUT2D eigenvalue weighted by Crippen LogP contribution is 2.41. The highest BCUT2D eigenvalue weighted by molar-refractivity contribution is 6.33. The largest absolute Gasteiger partial charge is 0.496 e. The molecule has 0 fully saturated rings. The lowest BCUT2D eigenvalue weighted by atomic mass is 10.2. The van der Waals surface area contributed by atoms with Gasteiger partial charge in [0.25, 0.3) is 5.69 Å². The molecule has 1 rings (SSSR count). The van der Waals surface area contributed by atoms with Gasteiger partial charge in [0.15, 0.2) is 0 Å². The first-order chi connectivity index (χ1) is 7.27. The van der Waals surface area contributed by atoms with Crippen LogP contribution in [0.4, 0.5) is 18.9 Å². The van der Waals surface area contributed by atoms with E-state index in [1.807, 2.05) is 0 Å². The summed E-state index contributed by atoms with van der Waals surface area (Å²) >= 11 is 5.30. The maximum Gasteiger partial charge on any atom is 0.418 e. The maximum atomic E-state index is 12.4. The molecule has 8 heteroatoms. The van der Waals surface area contributed by atoms with Gasteiger partial charge in [-0.2, -0.15) is 13.2 Å². The first-order valence-electron chi connectivity index (χ1n) is 3.86. The average Bonchev–Trinajstić information content (AvgIpc) is 2.15. The van der Waals surface area contributed by atoms with Crippen molar-refractivity contribution >= 4 is 17.3 Å². The normalized spacial score (nSPS) is 11.3. The summed E-state index contributed by atoms with van der Waals surface area (Å²) in [6.07, 6.45) is -4.77. The number of rotatable bonds is 2. The van der Waals surface area contributed by atoms with E-state index in [0.717, 1.165) is 13.2 Å². The van der Waals surface area contributed by atoms with Crippen molar-refractivity contribution in [2.45, 2.75) is 6.18 Å². The highest BCUT2D eigenvalue weighted by atomic mass is 35.5. The Balaban J connectivity index is 3.50. The van der Waals surface area contributed by atoms with E-state index < -0.39 is 27.4 Å². The molecule has 1 aromatic carbocycles. The number of methoxy groups -OCH3 is 1. The van der Waals surface area contributed by atoms with E-state index in [0.29, 0.717) is 6.07 Å². The van der Waals surface area contributed by atoms with Crippen LogP contribution in [0.5, 0.6) is 5.75 Å². The molecule has 0 saturated carbocycles. The van der Waals surface area contributed by atoms with E-state index in [2.05, 4.69) is 4.74 Å². The Labute approximate surface area is 92.7 Å². The smallest absolute Gasteiger partial charge is 0.418 e. The van der Waals surface area contributed by atoms with Crippen LogP contribution in [0, 0.1) is 10.1 Å². The van der Waals surface area contributed by atoms with E-state index >= 15 is 0 Å². The molecular weight excluding hydrogens is 251 g/mol. The lowest BCUT2D eigenvalue weighted by Crippen LogP contribution is -2.07. The third kappa shape index (κ3) is 2.35. The summed E-state index contributed by atoms with van der Waals surface area (Å²) in [4.78, 5) is 9.47. The molecule has 0 unspecified atom stereocenters. The number of nitro benzene ring substituents is 1. The highest BCUT2D eigenvalue weighted by Gasteiger charge is 2.37. The fourth-order valence-corrected chi connectivity index (χ4v) is 1.33. The summed E-state index contributed by atoms with van der Waals surface area (Å²) in [6.45, 7) is 0. The number of nitro groups is 1. The van der Waals surface area contributed by atoms with Crippen molar-refractivity contribution in [2.75, 3.05) is 7.11 Å². The summed E-state index contributed by atoms with van der Waals surface area (Å²) in [5, 5.41) is 9.52. The van der Waals surface area contributed by atoms with Gasteiger partial charge in [0.1, 0.15) is 10.8 Å². The predicted molar refractivity (Wildman–Crippen MR) is 49.7 cm³/mol. The van der Waals surface area contributed by atoms with Gasteiger partial charge in [-0.1, -0.05) is 11.6 Å². The fraction of sp³-hybridized carbons (Fsp3) is 0.250. The van der Waals surface area contributed by atoms with Crippen LogP contribution in [0.3, 0.4) is 0 Å². The van der Waals surface area contributed by atoms with E-state index in [1.54, 1.807) is 0 Å². The summed E-state index contributed by atoms with van der Waals surface area (Å²) < 4.78 is 41.9. The zero-order valence-corrected chi connectivity index (χ0v) is 8.59. The van der Waals surface area contributed by atoms with Gasteiger partial charge >= 0.3 is 6.18 Å². The molecule has 0 spiro atoms. The molecule has 4 nitrogen and oxygen atoms in total. The Morgan fingerprint density at radius 1 is 1.44 bits per heavy atom. The quantitative estimate of drug-likeness (QED) is 0.602. The number of hydrogen-bond donors (Lipinski definition) is 0. The van der Waals surface area contributed by atoms with E-state index in [1.165, 1.54) is 0 Å². The van der Waals surface area contributed by atoms with Crippen molar-refractivity contribution in [3.63, 3.8) is 0 Å². The molecule has 0 radical (unpaired) electrons. The molecule has 0 aliphatic heterocycles. The zero-order valence-electron chi connectivity index (χ0n) is 7.84. The van der Waals surface area contributed by atoms with E-state index in [4.69, 9.17) is 11.6 Å². The summed E-state index contributed by atoms with van der Waals surface area (Å²) in [7, 11) is 1.10. The van der Waals surface area contributed by atoms with Crippen LogP contribution in [0.1, 0.15) is 5.56 Å². The first kappa shape index (κ1) is 12.6. The van der Waals surface area contributed by atoms with Crippen LogP contribution in [-0.2, 0) is 6.18 Å². The fourth-order valence-electron chi connectivity index (χ4n) is 1.04. The molecule has 0 bridgehead atoms. The number of benzene rings is 1. The molecule has 0 amide bonds. The van der Waals surface area contributed by atoms with Gasteiger partial charge in [0.2, 0.25) is 0 Å². The molecule has 1 aromatic rings. The van der Waals surface area contributed by atoms with Crippen LogP contribution in [-0.4, -0.2) is 12.0 Å². The molecule has 88 valence electrons. The van der Waals surface area contributed by atoms with Gasteiger partial charge in [0.05, 0.1) is 23.7 Å². The molecule has 0 aromatic heterocycles. The number of hydrogen-bond acceptors (Lipinski definition) is 3. The lowest BCUT2D eigenvalue weighted by molar-refractivity contribution is -0.385. The molecule has 16 heavy (non-hydrogen) atoms. The molecule has 0 aliphatic carbocycles. The van der Waals surface area contributed by atoms with Crippen molar-refractivity contribution < 1.29 is 22.8 Å². The van der Waals surface area contributed by atoms with Gasteiger partial charge < -0.3 is 4.74 Å². The minimum atomic E-state index is -4.77. The molecule has 0 atom stereocenters. The third-order valence-electron chi connectivity index (χ3n) is 1.76. The Bertz CT molecular complexity index is 433. The van der Waals surface area contributed by atoms with Crippen LogP contribution < -0.4 is 4.74 Å². The number of nitrogens with zero attached hydrogens (tertiary/aromatic N) is 1. The van der Waals surface area contributed by atoms with Gasteiger partial charge in [-0.25, -0.2) is 0 Å². The standard InChI is InChI=1S/C8H5ClF3NO3/c1-16-4-2-5(8(10,11)12)7(9)6(3-4)13(14)15/h2-3H,1H3. The number of ether oxygens (including phenoxy) is 1. The molecule has 0 heterocycles. The Hall–Kier alpha value is -1.50. The van der Waals surface area contributed by atoms with Crippen molar-refractivity contribution in [3.05, 3.63) is 32.8 Å². The Kier molecular flexibility index (Phi) is 3.27. The second kappa shape index (κ2) is 4.17. The summed E-state index contributed by atoms with van der Waals surface area (Å²) in [5.74, 6) is -0.275. The Morgan fingerprint density at radius 2 is 2.00 bits per heavy atom. The van der Waals surface area contributed by atoms with Crippen LogP contribution in [0.25, 0.3) is 0 Å². The molecule has 0 saturated heterocycles. The maximum absolute atomic E-state index is 12.4. The van der Waals surface area contributed by atoms with Crippen molar-refractivity contribution in [3.8, 4) is 5.75 Å². The van der Waals surface area contributed by atoms with Crippen LogP contribution in [0.2, 0.25) is 5.02 Å². The number of alkyl halides is 3. The summed E-state index contributed by atoms with van der Waals surface area (Å²) in [5.41, 5.74) is -2.13. The average molecular weight is 256 g/mol. The van der Waals surface area contributed by atoms with Gasteiger partial charge in [-0.3, -0.25) is 10.1 Å². The van der Waals surface area contributed by atoms with Crippen LogP contribution in [0.15, 0.2) is 12.1 Å². The number of halogens is 4. The SMILES string of the molecule is COc1cc([N+](=O)[O-])c(Cl)c(C(F)(F)F)c1. The predicted octanol–water partition coefficient (Wildman–Crippen LogP) is 3.28. The zero-order chi connectivity index (χ0) is 12.5. The Morgan fingerprint density at radius 3 is 2.38 bits per heavy atom. The van der Waals surface area contributed by atoms with Crippen molar-refractivity contribution in [2.24, 2.45) is 0 Å². The second-order valence-corrected chi connectivity index (χ2v) is 3.14. The first-order valence-corrected chi connectivity index (χ1v) is 4.24. The third-order valence-corrected chi connectivity index (χ3v) is 2.16. The van der Waals surface area contributed by atoms with Gasteiger partial charge in [-0.15, -0.1) is 0 Å². The van der Waals surface area contributed by atoms with E-state index in [-0.39, 0.29) is 5.75 Å².